The minimum Gasteiger partial charge on any atom is -0.443 e. The van der Waals surface area contributed by atoms with Crippen molar-refractivity contribution in [3.63, 3.8) is 0 Å². The molecule has 4 heteroatoms. The lowest BCUT2D eigenvalue weighted by Crippen LogP contribution is -2.38. The smallest absolute Gasteiger partial charge is 0.236 e. The highest BCUT2D eigenvalue weighted by Crippen LogP contribution is 2.44. The van der Waals surface area contributed by atoms with Crippen molar-refractivity contribution in [3.8, 4) is 0 Å². The van der Waals surface area contributed by atoms with Gasteiger partial charge in [0.05, 0.1) is 5.41 Å². The molecular weight excluding hydrogens is 322 g/mol. The maximum absolute atomic E-state index is 12.7. The van der Waals surface area contributed by atoms with E-state index in [1.54, 1.807) is 0 Å². The third-order valence-electron chi connectivity index (χ3n) is 4.22. The van der Waals surface area contributed by atoms with Gasteiger partial charge < -0.3 is 4.42 Å². The Bertz CT molecular complexity index is 864. The second-order valence-corrected chi connectivity index (χ2v) is 7.66. The third kappa shape index (κ3) is 2.96. The number of carbonyl (C=O) groups is 1. The number of benzene rings is 2. The normalized spacial score (nSPS) is 14.5. The van der Waals surface area contributed by atoms with E-state index in [9.17, 15) is 4.79 Å². The van der Waals surface area contributed by atoms with Gasteiger partial charge in [-0.25, -0.2) is 4.98 Å². The maximum Gasteiger partial charge on any atom is 0.236 e. The molecule has 0 aliphatic rings. The van der Waals surface area contributed by atoms with Gasteiger partial charge in [0, 0.05) is 0 Å². The number of hydrogen-bond donors (Lipinski definition) is 0. The average molecular weight is 342 g/mol. The van der Waals surface area contributed by atoms with Crippen LogP contribution in [0, 0.1) is 5.41 Å². The lowest BCUT2D eigenvalue weighted by molar-refractivity contribution is -0.116. The number of hydrogen-bond acceptors (Lipinski definition) is 3. The molecule has 24 heavy (non-hydrogen) atoms. The van der Waals surface area contributed by atoms with Gasteiger partial charge in [-0.2, -0.15) is 0 Å². The predicted octanol–water partition coefficient (Wildman–Crippen LogP) is 5.32. The summed E-state index contributed by atoms with van der Waals surface area (Å²) in [6.45, 7) is 6.33. The minimum absolute atomic E-state index is 0.0980. The number of rotatable bonds is 4. The van der Waals surface area contributed by atoms with Crippen LogP contribution in [0.5, 0.6) is 0 Å². The first-order valence-corrected chi connectivity index (χ1v) is 8.30. The summed E-state index contributed by atoms with van der Waals surface area (Å²) < 4.78 is 5.32. The summed E-state index contributed by atoms with van der Waals surface area (Å²) in [6.07, 6.45) is 2.00. The molecule has 1 atom stereocenters. The van der Waals surface area contributed by atoms with Crippen molar-refractivity contribution in [1.82, 2.24) is 4.98 Å². The van der Waals surface area contributed by atoms with E-state index in [1.807, 2.05) is 48.5 Å². The fourth-order valence-corrected chi connectivity index (χ4v) is 3.59. The zero-order valence-electron chi connectivity index (χ0n) is 14.0. The van der Waals surface area contributed by atoms with Crippen LogP contribution in [0.25, 0.3) is 11.1 Å². The van der Waals surface area contributed by atoms with E-state index in [1.165, 1.54) is 6.39 Å². The van der Waals surface area contributed by atoms with E-state index < -0.39 is 5.41 Å². The topological polar surface area (TPSA) is 43.1 Å². The zero-order chi connectivity index (χ0) is 17.4. The Labute approximate surface area is 146 Å². The van der Waals surface area contributed by atoms with Gasteiger partial charge in [0.1, 0.15) is 5.52 Å². The van der Waals surface area contributed by atoms with Gasteiger partial charge in [0.25, 0.3) is 0 Å². The molecular formula is C20H20ClNO2. The van der Waals surface area contributed by atoms with Crippen LogP contribution in [0.15, 0.2) is 59.3 Å². The molecule has 0 aliphatic carbocycles. The highest BCUT2D eigenvalue weighted by atomic mass is 35.5. The summed E-state index contributed by atoms with van der Waals surface area (Å²) in [7, 11) is 0. The number of halogens is 1. The van der Waals surface area contributed by atoms with Crippen LogP contribution in [0.4, 0.5) is 0 Å². The van der Waals surface area contributed by atoms with Crippen molar-refractivity contribution in [1.29, 1.82) is 0 Å². The van der Waals surface area contributed by atoms with Crippen LogP contribution in [0.2, 0.25) is 0 Å². The van der Waals surface area contributed by atoms with Crippen molar-refractivity contribution in [3.05, 3.63) is 66.1 Å². The van der Waals surface area contributed by atoms with Crippen molar-refractivity contribution < 1.29 is 9.21 Å². The summed E-state index contributed by atoms with van der Waals surface area (Å²) in [5.41, 5.74) is 2.12. The van der Waals surface area contributed by atoms with Gasteiger partial charge in [0.2, 0.25) is 5.24 Å². The Morgan fingerprint density at radius 1 is 1.08 bits per heavy atom. The van der Waals surface area contributed by atoms with E-state index >= 15 is 0 Å². The third-order valence-corrected chi connectivity index (χ3v) is 4.54. The first kappa shape index (κ1) is 16.7. The maximum atomic E-state index is 12.7. The molecule has 1 heterocycles. The number of nitrogens with zero attached hydrogens (tertiary/aromatic N) is 1. The molecule has 1 aromatic heterocycles. The summed E-state index contributed by atoms with van der Waals surface area (Å²) in [5.74, 6) is 0. The number of aromatic nitrogens is 1. The second-order valence-electron chi connectivity index (χ2n) is 7.32. The molecule has 0 spiro atoms. The van der Waals surface area contributed by atoms with E-state index in [-0.39, 0.29) is 10.7 Å². The summed E-state index contributed by atoms with van der Waals surface area (Å²) >= 11 is 6.22. The highest BCUT2D eigenvalue weighted by molar-refractivity contribution is 6.66. The van der Waals surface area contributed by atoms with E-state index in [0.29, 0.717) is 12.0 Å². The summed E-state index contributed by atoms with van der Waals surface area (Å²) in [6, 6.07) is 15.4. The number of oxazole rings is 1. The van der Waals surface area contributed by atoms with E-state index in [2.05, 4.69) is 25.8 Å². The molecule has 0 bridgehead atoms. The van der Waals surface area contributed by atoms with E-state index in [4.69, 9.17) is 16.0 Å². The van der Waals surface area contributed by atoms with Crippen LogP contribution in [-0.4, -0.2) is 10.2 Å². The Balaban J connectivity index is 2.28. The van der Waals surface area contributed by atoms with Crippen molar-refractivity contribution in [2.24, 2.45) is 5.41 Å². The highest BCUT2D eigenvalue weighted by Gasteiger charge is 2.44. The van der Waals surface area contributed by atoms with Crippen LogP contribution >= 0.6 is 11.6 Å². The lowest BCUT2D eigenvalue weighted by atomic mass is 9.66. The largest absolute Gasteiger partial charge is 0.443 e. The molecule has 0 fully saturated rings. The molecule has 0 aliphatic heterocycles. The van der Waals surface area contributed by atoms with Gasteiger partial charge in [0.15, 0.2) is 12.0 Å². The molecule has 3 nitrogen and oxygen atoms in total. The number of fused-ring (bicyclic) bond motifs is 1. The molecule has 0 amide bonds. The first-order valence-electron chi connectivity index (χ1n) is 7.92. The second kappa shape index (κ2) is 6.06. The molecule has 0 saturated heterocycles. The fraction of sp³-hybridized carbons (Fsp3) is 0.300. The Morgan fingerprint density at radius 2 is 1.79 bits per heavy atom. The Kier molecular flexibility index (Phi) is 4.22. The van der Waals surface area contributed by atoms with Crippen molar-refractivity contribution in [2.75, 3.05) is 0 Å². The minimum atomic E-state index is -0.922. The average Bonchev–Trinajstić information content (AvgIpc) is 3.00. The molecule has 3 aromatic rings. The van der Waals surface area contributed by atoms with Gasteiger partial charge in [-0.15, -0.1) is 0 Å². The van der Waals surface area contributed by atoms with Crippen LogP contribution in [0.3, 0.4) is 0 Å². The van der Waals surface area contributed by atoms with Crippen molar-refractivity contribution in [2.45, 2.75) is 32.6 Å². The van der Waals surface area contributed by atoms with Gasteiger partial charge in [-0.1, -0.05) is 57.2 Å². The van der Waals surface area contributed by atoms with Crippen LogP contribution < -0.4 is 0 Å². The molecule has 3 rings (SSSR count). The molecule has 0 radical (unpaired) electrons. The first-order chi connectivity index (χ1) is 11.3. The van der Waals surface area contributed by atoms with Gasteiger partial charge in [-0.05, 0) is 46.7 Å². The van der Waals surface area contributed by atoms with Gasteiger partial charge in [-0.3, -0.25) is 4.79 Å². The predicted molar refractivity (Wildman–Crippen MR) is 96.2 cm³/mol. The summed E-state index contributed by atoms with van der Waals surface area (Å²) in [5, 5.41) is -0.383. The van der Waals surface area contributed by atoms with Gasteiger partial charge >= 0.3 is 0 Å². The molecule has 1 unspecified atom stereocenters. The van der Waals surface area contributed by atoms with Crippen LogP contribution in [0.1, 0.15) is 38.3 Å². The quantitative estimate of drug-likeness (QED) is 0.603. The van der Waals surface area contributed by atoms with E-state index in [0.717, 1.165) is 16.6 Å². The molecule has 0 saturated carbocycles. The molecule has 0 N–H and O–H groups in total. The lowest BCUT2D eigenvalue weighted by Gasteiger charge is -2.37. The molecule has 124 valence electrons. The van der Waals surface area contributed by atoms with Crippen molar-refractivity contribution >= 4 is 27.9 Å². The Morgan fingerprint density at radius 3 is 2.42 bits per heavy atom. The SMILES string of the molecule is CC(C)(C)CC(C(=O)Cl)(c1ccccc1)c1ccc2ocnc2c1. The number of carbonyl (C=O) groups excluding carboxylic acids is 1. The monoisotopic (exact) mass is 341 g/mol. The molecule has 2 aromatic carbocycles. The van der Waals surface area contributed by atoms with Crippen LogP contribution in [-0.2, 0) is 10.2 Å². The fourth-order valence-electron chi connectivity index (χ4n) is 3.31. The zero-order valence-corrected chi connectivity index (χ0v) is 14.8. The summed E-state index contributed by atoms with van der Waals surface area (Å²) in [4.78, 5) is 17.0. The standard InChI is InChI=1S/C20H20ClNO2/c1-19(2,3)12-20(18(21)23,14-7-5-4-6-8-14)15-9-10-17-16(11-15)22-13-24-17/h4-11,13H,12H2,1-3H3. The Hall–Kier alpha value is -2.13.